The van der Waals surface area contributed by atoms with Crippen LogP contribution in [0.15, 0.2) is 24.3 Å². The van der Waals surface area contributed by atoms with Crippen LogP contribution in [0.3, 0.4) is 0 Å². The maximum absolute atomic E-state index is 13.8. The summed E-state index contributed by atoms with van der Waals surface area (Å²) in [6.45, 7) is 0.535. The molecule has 2 heteroatoms. The van der Waals surface area contributed by atoms with E-state index in [1.54, 1.807) is 0 Å². The third kappa shape index (κ3) is 1.95. The minimum Gasteiger partial charge on any atom is -0.326 e. The van der Waals surface area contributed by atoms with E-state index < -0.39 is 5.67 Å². The molecule has 1 aromatic carbocycles. The predicted octanol–water partition coefficient (Wildman–Crippen LogP) is 2.58. The zero-order valence-electron chi connectivity index (χ0n) is 8.30. The van der Waals surface area contributed by atoms with Crippen LogP contribution in [0.4, 0.5) is 4.39 Å². The molecule has 0 unspecified atom stereocenters. The Balaban J connectivity index is 2.08. The molecule has 76 valence electrons. The van der Waals surface area contributed by atoms with Crippen LogP contribution in [0.2, 0.25) is 0 Å². The summed E-state index contributed by atoms with van der Waals surface area (Å²) in [4.78, 5) is 0. The van der Waals surface area contributed by atoms with Gasteiger partial charge in [-0.05, 0) is 30.4 Å². The second-order valence-electron chi connectivity index (χ2n) is 4.21. The van der Waals surface area contributed by atoms with Gasteiger partial charge in [-0.1, -0.05) is 24.3 Å². The van der Waals surface area contributed by atoms with Crippen molar-refractivity contribution in [1.82, 2.24) is 0 Å². The van der Waals surface area contributed by atoms with Crippen molar-refractivity contribution >= 4 is 0 Å². The van der Waals surface area contributed by atoms with Crippen molar-refractivity contribution in [2.75, 3.05) is 0 Å². The van der Waals surface area contributed by atoms with Crippen LogP contribution in [0.25, 0.3) is 0 Å². The van der Waals surface area contributed by atoms with Crippen molar-refractivity contribution in [2.24, 2.45) is 5.73 Å². The Kier molecular flexibility index (Phi) is 2.55. The van der Waals surface area contributed by atoms with Crippen LogP contribution in [0.1, 0.15) is 30.4 Å². The molecule has 2 N–H and O–H groups in total. The molecule has 1 nitrogen and oxygen atoms in total. The summed E-state index contributed by atoms with van der Waals surface area (Å²) in [6, 6.07) is 7.94. The number of hydrogen-bond donors (Lipinski definition) is 1. The van der Waals surface area contributed by atoms with E-state index in [4.69, 9.17) is 5.73 Å². The van der Waals surface area contributed by atoms with Gasteiger partial charge in [-0.25, -0.2) is 4.39 Å². The molecule has 0 atom stereocenters. The van der Waals surface area contributed by atoms with Crippen LogP contribution in [0, 0.1) is 0 Å². The molecule has 2 rings (SSSR count). The number of rotatable bonds is 3. The fraction of sp³-hybridized carbons (Fsp3) is 0.500. The molecule has 0 saturated heterocycles. The SMILES string of the molecule is NCc1cccc(CC2(F)CCC2)c1. The highest BCUT2D eigenvalue weighted by molar-refractivity contribution is 5.25. The number of hydrogen-bond acceptors (Lipinski definition) is 1. The molecule has 0 aromatic heterocycles. The average Bonchev–Trinajstić information content (AvgIpc) is 2.16. The molecule has 0 spiro atoms. The third-order valence-electron chi connectivity index (χ3n) is 3.00. The Morgan fingerprint density at radius 2 is 2.00 bits per heavy atom. The smallest absolute Gasteiger partial charge is 0.115 e. The Morgan fingerprint density at radius 1 is 1.29 bits per heavy atom. The van der Waals surface area contributed by atoms with E-state index in [0.29, 0.717) is 13.0 Å². The lowest BCUT2D eigenvalue weighted by Crippen LogP contribution is -2.34. The maximum atomic E-state index is 13.8. The monoisotopic (exact) mass is 193 g/mol. The van der Waals surface area contributed by atoms with Gasteiger partial charge in [0.25, 0.3) is 0 Å². The van der Waals surface area contributed by atoms with E-state index in [1.807, 2.05) is 24.3 Å². The number of alkyl halides is 1. The van der Waals surface area contributed by atoms with Gasteiger partial charge >= 0.3 is 0 Å². The summed E-state index contributed by atoms with van der Waals surface area (Å²) in [5.74, 6) is 0. The molecule has 0 aliphatic heterocycles. The van der Waals surface area contributed by atoms with Gasteiger partial charge in [0, 0.05) is 13.0 Å². The summed E-state index contributed by atoms with van der Waals surface area (Å²) in [6.07, 6.45) is 3.04. The van der Waals surface area contributed by atoms with Gasteiger partial charge in [-0.15, -0.1) is 0 Å². The summed E-state index contributed by atoms with van der Waals surface area (Å²) in [7, 11) is 0. The molecule has 0 amide bonds. The summed E-state index contributed by atoms with van der Waals surface area (Å²) in [5, 5.41) is 0. The average molecular weight is 193 g/mol. The first-order valence-corrected chi connectivity index (χ1v) is 5.19. The summed E-state index contributed by atoms with van der Waals surface area (Å²) in [5.41, 5.74) is 6.78. The topological polar surface area (TPSA) is 26.0 Å². The molecule has 1 aliphatic carbocycles. The van der Waals surface area contributed by atoms with Gasteiger partial charge in [-0.2, -0.15) is 0 Å². The molecule has 0 heterocycles. The first-order chi connectivity index (χ1) is 6.72. The molecule has 14 heavy (non-hydrogen) atoms. The van der Waals surface area contributed by atoms with E-state index in [9.17, 15) is 4.39 Å². The van der Waals surface area contributed by atoms with Crippen molar-refractivity contribution in [2.45, 2.75) is 37.9 Å². The van der Waals surface area contributed by atoms with Crippen LogP contribution in [0.5, 0.6) is 0 Å². The van der Waals surface area contributed by atoms with Crippen LogP contribution in [-0.2, 0) is 13.0 Å². The highest BCUT2D eigenvalue weighted by Gasteiger charge is 2.36. The molecule has 0 bridgehead atoms. The van der Waals surface area contributed by atoms with Gasteiger partial charge in [0.2, 0.25) is 0 Å². The van der Waals surface area contributed by atoms with Crippen molar-refractivity contribution in [3.8, 4) is 0 Å². The lowest BCUT2D eigenvalue weighted by Gasteiger charge is -2.33. The number of nitrogens with two attached hydrogens (primary N) is 1. The molecule has 1 saturated carbocycles. The fourth-order valence-electron chi connectivity index (χ4n) is 1.97. The maximum Gasteiger partial charge on any atom is 0.115 e. The third-order valence-corrected chi connectivity index (χ3v) is 3.00. The molecular formula is C12H16FN. The van der Waals surface area contributed by atoms with E-state index >= 15 is 0 Å². The second kappa shape index (κ2) is 3.70. The molecule has 1 aromatic rings. The van der Waals surface area contributed by atoms with Crippen molar-refractivity contribution in [1.29, 1.82) is 0 Å². The standard InChI is InChI=1S/C12H16FN/c13-12(5-2-6-12)8-10-3-1-4-11(7-10)9-14/h1,3-4,7H,2,5-6,8-9,14H2. The number of halogens is 1. The summed E-state index contributed by atoms with van der Waals surface area (Å²) >= 11 is 0. The highest BCUT2D eigenvalue weighted by atomic mass is 19.1. The summed E-state index contributed by atoms with van der Waals surface area (Å²) < 4.78 is 13.8. The first kappa shape index (κ1) is 9.66. The second-order valence-corrected chi connectivity index (χ2v) is 4.21. The molecule has 1 aliphatic rings. The normalized spacial score (nSPS) is 19.0. The van der Waals surface area contributed by atoms with Crippen molar-refractivity contribution in [3.63, 3.8) is 0 Å². The zero-order valence-corrected chi connectivity index (χ0v) is 8.30. The van der Waals surface area contributed by atoms with Gasteiger partial charge in [-0.3, -0.25) is 0 Å². The van der Waals surface area contributed by atoms with E-state index in [0.717, 1.165) is 30.4 Å². The van der Waals surface area contributed by atoms with Gasteiger partial charge in [0.05, 0.1) is 0 Å². The van der Waals surface area contributed by atoms with E-state index in [2.05, 4.69) is 0 Å². The van der Waals surface area contributed by atoms with Gasteiger partial charge < -0.3 is 5.73 Å². The molecule has 0 radical (unpaired) electrons. The Bertz CT molecular complexity index is 318. The quantitative estimate of drug-likeness (QED) is 0.784. The Morgan fingerprint density at radius 3 is 2.57 bits per heavy atom. The van der Waals surface area contributed by atoms with E-state index in [1.165, 1.54) is 0 Å². The minimum absolute atomic E-state index is 0.535. The van der Waals surface area contributed by atoms with Crippen molar-refractivity contribution < 1.29 is 4.39 Å². The lowest BCUT2D eigenvalue weighted by molar-refractivity contribution is 0.0641. The Hall–Kier alpha value is -0.890. The number of benzene rings is 1. The van der Waals surface area contributed by atoms with Gasteiger partial charge in [0.1, 0.15) is 5.67 Å². The van der Waals surface area contributed by atoms with Crippen LogP contribution < -0.4 is 5.73 Å². The Labute approximate surface area is 84.1 Å². The van der Waals surface area contributed by atoms with Crippen LogP contribution >= 0.6 is 0 Å². The fourth-order valence-corrected chi connectivity index (χ4v) is 1.97. The lowest BCUT2D eigenvalue weighted by atomic mass is 9.77. The molecular weight excluding hydrogens is 177 g/mol. The van der Waals surface area contributed by atoms with E-state index in [-0.39, 0.29) is 0 Å². The first-order valence-electron chi connectivity index (χ1n) is 5.19. The largest absolute Gasteiger partial charge is 0.326 e. The highest BCUT2D eigenvalue weighted by Crippen LogP contribution is 2.38. The molecule has 1 fully saturated rings. The van der Waals surface area contributed by atoms with Gasteiger partial charge in [0.15, 0.2) is 0 Å². The predicted molar refractivity (Wildman–Crippen MR) is 55.7 cm³/mol. The van der Waals surface area contributed by atoms with Crippen molar-refractivity contribution in [3.05, 3.63) is 35.4 Å². The van der Waals surface area contributed by atoms with Crippen LogP contribution in [-0.4, -0.2) is 5.67 Å². The minimum atomic E-state index is -0.923. The zero-order chi connectivity index (χ0) is 10.0.